The fourth-order valence-corrected chi connectivity index (χ4v) is 2.21. The van der Waals surface area contributed by atoms with Crippen LogP contribution in [0.2, 0.25) is 5.15 Å². The van der Waals surface area contributed by atoms with Gasteiger partial charge in [-0.15, -0.1) is 0 Å². The highest BCUT2D eigenvalue weighted by atomic mass is 35.5. The number of aromatic nitrogens is 2. The molecule has 5 nitrogen and oxygen atoms in total. The zero-order valence-corrected chi connectivity index (χ0v) is 11.3. The van der Waals surface area contributed by atoms with Gasteiger partial charge < -0.3 is 10.5 Å². The summed E-state index contributed by atoms with van der Waals surface area (Å²) in [5, 5.41) is 14.7. The first-order valence-electron chi connectivity index (χ1n) is 5.38. The van der Waals surface area contributed by atoms with Crippen LogP contribution in [0, 0.1) is 5.21 Å². The van der Waals surface area contributed by atoms with Crippen molar-refractivity contribution < 1.29 is 9.52 Å². The number of anilines is 1. The molecule has 0 aromatic carbocycles. The topological polar surface area (TPSA) is 68.9 Å². The summed E-state index contributed by atoms with van der Waals surface area (Å²) in [7, 11) is 0. The van der Waals surface area contributed by atoms with E-state index in [1.807, 2.05) is 0 Å². The van der Waals surface area contributed by atoms with Gasteiger partial charge in [-0.25, -0.2) is 4.98 Å². The normalized spacial score (nSPS) is 10.2. The number of pyridine rings is 2. The van der Waals surface area contributed by atoms with Crippen molar-refractivity contribution in [3.63, 3.8) is 0 Å². The number of carbonyl (C=O) groups is 1. The summed E-state index contributed by atoms with van der Waals surface area (Å²) in [5.74, 6) is -0.124. The minimum atomic E-state index is -0.247. The highest BCUT2D eigenvalue weighted by molar-refractivity contribution is 7.99. The molecule has 1 N–H and O–H groups in total. The maximum atomic E-state index is 11.7. The average Bonchev–Trinajstić information content (AvgIpc) is 2.40. The monoisotopic (exact) mass is 295 g/mol. The van der Waals surface area contributed by atoms with Gasteiger partial charge in [-0.3, -0.25) is 4.79 Å². The van der Waals surface area contributed by atoms with Gasteiger partial charge in [-0.2, -0.15) is 4.73 Å². The van der Waals surface area contributed by atoms with Crippen molar-refractivity contribution >= 4 is 35.0 Å². The van der Waals surface area contributed by atoms with Crippen LogP contribution < -0.4 is 10.0 Å². The lowest BCUT2D eigenvalue weighted by atomic mass is 10.4. The summed E-state index contributed by atoms with van der Waals surface area (Å²) in [6.07, 6.45) is 2.93. The van der Waals surface area contributed by atoms with Gasteiger partial charge >= 0.3 is 0 Å². The third-order valence-electron chi connectivity index (χ3n) is 2.17. The molecule has 2 heterocycles. The van der Waals surface area contributed by atoms with Crippen molar-refractivity contribution in [2.45, 2.75) is 5.03 Å². The van der Waals surface area contributed by atoms with Crippen LogP contribution in [0.3, 0.4) is 0 Å². The Morgan fingerprint density at radius 1 is 1.42 bits per heavy atom. The van der Waals surface area contributed by atoms with Crippen LogP contribution in [0.25, 0.3) is 0 Å². The Kier molecular flexibility index (Phi) is 4.59. The lowest BCUT2D eigenvalue weighted by molar-refractivity contribution is -0.645. The lowest BCUT2D eigenvalue weighted by Crippen LogP contribution is -2.28. The minimum absolute atomic E-state index is 0.122. The predicted octanol–water partition coefficient (Wildman–Crippen LogP) is 2.10. The van der Waals surface area contributed by atoms with E-state index >= 15 is 0 Å². The molecule has 98 valence electrons. The van der Waals surface area contributed by atoms with E-state index in [1.54, 1.807) is 30.3 Å². The number of thioether (sulfide) groups is 1. The molecule has 7 heteroatoms. The quantitative estimate of drug-likeness (QED) is 0.406. The summed E-state index contributed by atoms with van der Waals surface area (Å²) in [6, 6.07) is 8.37. The van der Waals surface area contributed by atoms with Crippen molar-refractivity contribution in [2.24, 2.45) is 0 Å². The number of halogens is 1. The Labute approximate surface area is 119 Å². The van der Waals surface area contributed by atoms with Crippen LogP contribution in [-0.2, 0) is 4.79 Å². The molecule has 1 amide bonds. The smallest absolute Gasteiger partial charge is 0.251 e. The fourth-order valence-electron chi connectivity index (χ4n) is 1.33. The number of nitrogens with zero attached hydrogens (tertiary/aromatic N) is 2. The Balaban J connectivity index is 1.92. The van der Waals surface area contributed by atoms with Gasteiger partial charge in [0.25, 0.3) is 5.03 Å². The van der Waals surface area contributed by atoms with Crippen LogP contribution in [0.5, 0.6) is 0 Å². The largest absolute Gasteiger partial charge is 0.618 e. The van der Waals surface area contributed by atoms with E-state index in [4.69, 9.17) is 11.6 Å². The van der Waals surface area contributed by atoms with Crippen molar-refractivity contribution in [3.05, 3.63) is 53.1 Å². The van der Waals surface area contributed by atoms with E-state index in [1.165, 1.54) is 12.4 Å². The molecular formula is C12H10ClN3O2S. The van der Waals surface area contributed by atoms with E-state index in [0.29, 0.717) is 10.7 Å². The summed E-state index contributed by atoms with van der Waals surface area (Å²) >= 11 is 6.98. The second-order valence-corrected chi connectivity index (χ2v) is 4.90. The molecule has 0 aliphatic carbocycles. The standard InChI is InChI=1S/C12H10ClN3O2S/c13-12-9(4-3-6-14-12)15-10(17)8-19-11-5-1-2-7-16(11)18/h1-7H,8H2,(H,15,17). The summed E-state index contributed by atoms with van der Waals surface area (Å²) in [4.78, 5) is 15.6. The van der Waals surface area contributed by atoms with Gasteiger partial charge in [-0.05, 0) is 30.0 Å². The molecule has 0 fully saturated rings. The van der Waals surface area contributed by atoms with Crippen LogP contribution in [0.1, 0.15) is 0 Å². The summed E-state index contributed by atoms with van der Waals surface area (Å²) < 4.78 is 0.717. The Hall–Kier alpha value is -1.79. The van der Waals surface area contributed by atoms with E-state index < -0.39 is 0 Å². The van der Waals surface area contributed by atoms with Crippen LogP contribution in [0.4, 0.5) is 5.69 Å². The van der Waals surface area contributed by atoms with E-state index in [0.717, 1.165) is 16.5 Å². The number of nitrogens with one attached hydrogen (secondary N) is 1. The maximum absolute atomic E-state index is 11.7. The van der Waals surface area contributed by atoms with Gasteiger partial charge in [0.1, 0.15) is 0 Å². The molecule has 0 saturated heterocycles. The first-order chi connectivity index (χ1) is 9.16. The van der Waals surface area contributed by atoms with Gasteiger partial charge in [0.05, 0.1) is 11.4 Å². The number of rotatable bonds is 4. The molecule has 0 atom stereocenters. The predicted molar refractivity (Wildman–Crippen MR) is 74.0 cm³/mol. The molecule has 0 aliphatic rings. The van der Waals surface area contributed by atoms with Crippen molar-refractivity contribution in [2.75, 3.05) is 11.1 Å². The second-order valence-electron chi connectivity index (χ2n) is 3.54. The SMILES string of the molecule is O=C(CSc1cccc[n+]1[O-])Nc1cccnc1Cl. The second kappa shape index (κ2) is 6.40. The third-order valence-corrected chi connectivity index (χ3v) is 3.49. The molecule has 0 bridgehead atoms. The van der Waals surface area contributed by atoms with Gasteiger partial charge in [0.15, 0.2) is 11.3 Å². The zero-order valence-electron chi connectivity index (χ0n) is 9.75. The average molecular weight is 296 g/mol. The molecule has 0 spiro atoms. The van der Waals surface area contributed by atoms with Gasteiger partial charge in [0.2, 0.25) is 5.91 Å². The molecule has 2 rings (SSSR count). The number of hydrogen-bond acceptors (Lipinski definition) is 4. The third kappa shape index (κ3) is 3.84. The first-order valence-corrected chi connectivity index (χ1v) is 6.74. The van der Waals surface area contributed by atoms with E-state index in [9.17, 15) is 10.0 Å². The molecule has 0 radical (unpaired) electrons. The van der Waals surface area contributed by atoms with Crippen molar-refractivity contribution in [1.29, 1.82) is 0 Å². The van der Waals surface area contributed by atoms with Crippen molar-refractivity contribution in [3.8, 4) is 0 Å². The molecule has 0 saturated carbocycles. The molecule has 2 aromatic heterocycles. The molecule has 2 aromatic rings. The highest BCUT2D eigenvalue weighted by Gasteiger charge is 2.10. The molecule has 0 unspecified atom stereocenters. The minimum Gasteiger partial charge on any atom is -0.618 e. The van der Waals surface area contributed by atoms with Gasteiger partial charge in [0, 0.05) is 18.3 Å². The number of carbonyl (C=O) groups excluding carboxylic acids is 1. The zero-order chi connectivity index (χ0) is 13.7. The van der Waals surface area contributed by atoms with Crippen LogP contribution in [0.15, 0.2) is 47.8 Å². The van der Waals surface area contributed by atoms with Crippen LogP contribution in [-0.4, -0.2) is 16.6 Å². The summed E-state index contributed by atoms with van der Waals surface area (Å²) in [6.45, 7) is 0. The van der Waals surface area contributed by atoms with E-state index in [2.05, 4.69) is 10.3 Å². The number of amides is 1. The fraction of sp³-hybridized carbons (Fsp3) is 0.0833. The van der Waals surface area contributed by atoms with Crippen molar-refractivity contribution in [1.82, 2.24) is 4.98 Å². The lowest BCUT2D eigenvalue weighted by Gasteiger charge is -2.06. The Morgan fingerprint density at radius 3 is 3.00 bits per heavy atom. The van der Waals surface area contributed by atoms with Crippen LogP contribution >= 0.6 is 23.4 Å². The Bertz CT molecular complexity index is 595. The van der Waals surface area contributed by atoms with Gasteiger partial charge in [-0.1, -0.05) is 11.6 Å². The molecule has 0 aliphatic heterocycles. The highest BCUT2D eigenvalue weighted by Crippen LogP contribution is 2.18. The Morgan fingerprint density at radius 2 is 2.26 bits per heavy atom. The maximum Gasteiger partial charge on any atom is 0.251 e. The van der Waals surface area contributed by atoms with E-state index in [-0.39, 0.29) is 16.8 Å². The molecular weight excluding hydrogens is 286 g/mol. The first kappa shape index (κ1) is 13.6. The summed E-state index contributed by atoms with van der Waals surface area (Å²) in [5.41, 5.74) is 0.456. The number of hydrogen-bond donors (Lipinski definition) is 1. The molecule has 19 heavy (non-hydrogen) atoms.